The molecule has 0 radical (unpaired) electrons. The van der Waals surface area contributed by atoms with Crippen LogP contribution in [0.25, 0.3) is 0 Å². The first kappa shape index (κ1) is 11.0. The van der Waals surface area contributed by atoms with E-state index in [2.05, 4.69) is 22.5 Å². The van der Waals surface area contributed by atoms with E-state index in [1.807, 2.05) is 20.2 Å². The number of imidazole rings is 1. The van der Waals surface area contributed by atoms with Crippen molar-refractivity contribution in [1.29, 1.82) is 0 Å². The van der Waals surface area contributed by atoms with Crippen molar-refractivity contribution < 1.29 is 4.42 Å². The number of nitrogens with two attached hydrogens (primary N) is 1. The van der Waals surface area contributed by atoms with Crippen LogP contribution in [0.15, 0.2) is 23.0 Å². The summed E-state index contributed by atoms with van der Waals surface area (Å²) in [5.41, 5.74) is 7.89. The minimum Gasteiger partial charge on any atom is -0.466 e. The second-order valence-electron chi connectivity index (χ2n) is 4.04. The van der Waals surface area contributed by atoms with Gasteiger partial charge in [-0.1, -0.05) is 0 Å². The van der Waals surface area contributed by atoms with Crippen LogP contribution in [0.2, 0.25) is 0 Å². The molecule has 1 unspecified atom stereocenters. The minimum absolute atomic E-state index is 0.207. The average molecular weight is 219 g/mol. The lowest BCUT2D eigenvalue weighted by molar-refractivity contribution is 0.493. The molecule has 0 bridgehead atoms. The van der Waals surface area contributed by atoms with Crippen molar-refractivity contribution in [2.24, 2.45) is 5.73 Å². The van der Waals surface area contributed by atoms with Gasteiger partial charge in [0.15, 0.2) is 0 Å². The molecule has 86 valence electrons. The molecule has 2 rings (SSSR count). The van der Waals surface area contributed by atoms with E-state index in [1.54, 1.807) is 6.20 Å². The quantitative estimate of drug-likeness (QED) is 0.860. The summed E-state index contributed by atoms with van der Waals surface area (Å²) in [5.74, 6) is 1.90. The Morgan fingerprint density at radius 3 is 2.81 bits per heavy atom. The number of rotatable bonds is 3. The summed E-state index contributed by atoms with van der Waals surface area (Å²) in [6, 6.07) is 2.28. The van der Waals surface area contributed by atoms with Crippen molar-refractivity contribution in [2.45, 2.75) is 33.4 Å². The third-order valence-corrected chi connectivity index (χ3v) is 2.90. The topological polar surface area (TPSA) is 57.0 Å². The van der Waals surface area contributed by atoms with Crippen LogP contribution in [0.4, 0.5) is 0 Å². The molecule has 2 aromatic rings. The summed E-state index contributed by atoms with van der Waals surface area (Å²) in [5, 5.41) is 0. The summed E-state index contributed by atoms with van der Waals surface area (Å²) < 4.78 is 7.62. The average Bonchev–Trinajstić information content (AvgIpc) is 2.83. The fourth-order valence-corrected chi connectivity index (χ4v) is 2.05. The van der Waals surface area contributed by atoms with E-state index >= 15 is 0 Å². The van der Waals surface area contributed by atoms with E-state index in [4.69, 9.17) is 10.2 Å². The molecule has 0 amide bonds. The summed E-state index contributed by atoms with van der Waals surface area (Å²) in [6.07, 6.45) is 3.62. The first-order valence-electron chi connectivity index (χ1n) is 5.41. The Labute approximate surface area is 95.1 Å². The molecule has 0 aromatic carbocycles. The molecule has 0 spiro atoms. The molecule has 0 fully saturated rings. The van der Waals surface area contributed by atoms with Crippen LogP contribution >= 0.6 is 0 Å². The summed E-state index contributed by atoms with van der Waals surface area (Å²) in [6.45, 7) is 6.57. The standard InChI is InChI=1S/C12H17N3O/c1-8-4-12(10(3)16-8)9(2)15-7-14-6-11(15)5-13/h4,6-7,9H,5,13H2,1-3H3. The maximum atomic E-state index is 5.67. The second kappa shape index (κ2) is 4.14. The van der Waals surface area contributed by atoms with Gasteiger partial charge in [0.25, 0.3) is 0 Å². The molecule has 16 heavy (non-hydrogen) atoms. The first-order valence-corrected chi connectivity index (χ1v) is 5.41. The SMILES string of the molecule is Cc1cc(C(C)n2cncc2CN)c(C)o1. The van der Waals surface area contributed by atoms with Gasteiger partial charge >= 0.3 is 0 Å². The molecule has 2 aromatic heterocycles. The van der Waals surface area contributed by atoms with Gasteiger partial charge in [-0.3, -0.25) is 0 Å². The highest BCUT2D eigenvalue weighted by Gasteiger charge is 2.15. The van der Waals surface area contributed by atoms with Crippen LogP contribution in [-0.4, -0.2) is 9.55 Å². The Hall–Kier alpha value is -1.55. The molecule has 2 heterocycles. The second-order valence-corrected chi connectivity index (χ2v) is 4.04. The highest BCUT2D eigenvalue weighted by atomic mass is 16.3. The molecule has 0 aliphatic carbocycles. The molecule has 4 heteroatoms. The van der Waals surface area contributed by atoms with Gasteiger partial charge in [0, 0.05) is 18.3 Å². The van der Waals surface area contributed by atoms with Gasteiger partial charge in [0.2, 0.25) is 0 Å². The lowest BCUT2D eigenvalue weighted by Gasteiger charge is -2.15. The minimum atomic E-state index is 0.207. The van der Waals surface area contributed by atoms with Gasteiger partial charge in [-0.15, -0.1) is 0 Å². The molecule has 4 nitrogen and oxygen atoms in total. The third-order valence-electron chi connectivity index (χ3n) is 2.90. The molecule has 0 saturated carbocycles. The molecule has 1 atom stereocenters. The van der Waals surface area contributed by atoms with Crippen LogP contribution in [0.1, 0.15) is 35.7 Å². The zero-order valence-electron chi connectivity index (χ0n) is 9.90. The van der Waals surface area contributed by atoms with E-state index in [9.17, 15) is 0 Å². The van der Waals surface area contributed by atoms with Gasteiger partial charge in [0.05, 0.1) is 18.1 Å². The third kappa shape index (κ3) is 1.76. The molecule has 0 aliphatic rings. The molecule has 0 saturated heterocycles. The number of hydrogen-bond acceptors (Lipinski definition) is 3. The van der Waals surface area contributed by atoms with Crippen molar-refractivity contribution >= 4 is 0 Å². The van der Waals surface area contributed by atoms with Crippen molar-refractivity contribution in [1.82, 2.24) is 9.55 Å². The fourth-order valence-electron chi connectivity index (χ4n) is 2.05. The molecule has 2 N–H and O–H groups in total. The summed E-state index contributed by atoms with van der Waals surface area (Å²) in [4.78, 5) is 4.13. The normalized spacial score (nSPS) is 13.0. The van der Waals surface area contributed by atoms with Crippen LogP contribution in [-0.2, 0) is 6.54 Å². The van der Waals surface area contributed by atoms with Crippen LogP contribution in [0.5, 0.6) is 0 Å². The Kier molecular flexibility index (Phi) is 2.83. The number of aromatic nitrogens is 2. The lowest BCUT2D eigenvalue weighted by atomic mass is 10.1. The van der Waals surface area contributed by atoms with Crippen molar-refractivity contribution in [3.63, 3.8) is 0 Å². The lowest BCUT2D eigenvalue weighted by Crippen LogP contribution is -2.12. The van der Waals surface area contributed by atoms with E-state index in [0.29, 0.717) is 6.54 Å². The molecule has 0 aliphatic heterocycles. The van der Waals surface area contributed by atoms with E-state index in [0.717, 1.165) is 17.2 Å². The zero-order valence-corrected chi connectivity index (χ0v) is 9.90. The van der Waals surface area contributed by atoms with Gasteiger partial charge < -0.3 is 14.7 Å². The van der Waals surface area contributed by atoms with E-state index in [-0.39, 0.29) is 6.04 Å². The van der Waals surface area contributed by atoms with Gasteiger partial charge in [-0.25, -0.2) is 4.98 Å². The fraction of sp³-hybridized carbons (Fsp3) is 0.417. The zero-order chi connectivity index (χ0) is 11.7. The Balaban J connectivity index is 2.38. The van der Waals surface area contributed by atoms with Crippen LogP contribution in [0, 0.1) is 13.8 Å². The van der Waals surface area contributed by atoms with E-state index < -0.39 is 0 Å². The van der Waals surface area contributed by atoms with Crippen LogP contribution < -0.4 is 5.73 Å². The predicted molar refractivity (Wildman–Crippen MR) is 62.1 cm³/mol. The highest BCUT2D eigenvalue weighted by molar-refractivity contribution is 5.25. The predicted octanol–water partition coefficient (Wildman–Crippen LogP) is 2.16. The number of hydrogen-bond donors (Lipinski definition) is 1. The Bertz CT molecular complexity index is 484. The first-order chi connectivity index (χ1) is 7.63. The molecular formula is C12H17N3O. The molecular weight excluding hydrogens is 202 g/mol. The van der Waals surface area contributed by atoms with Gasteiger partial charge in [0.1, 0.15) is 11.5 Å². The highest BCUT2D eigenvalue weighted by Crippen LogP contribution is 2.25. The Morgan fingerprint density at radius 2 is 2.25 bits per heavy atom. The summed E-state index contributed by atoms with van der Waals surface area (Å²) in [7, 11) is 0. The van der Waals surface area contributed by atoms with Crippen LogP contribution in [0.3, 0.4) is 0 Å². The summed E-state index contributed by atoms with van der Waals surface area (Å²) >= 11 is 0. The van der Waals surface area contributed by atoms with Gasteiger partial charge in [-0.05, 0) is 26.8 Å². The smallest absolute Gasteiger partial charge is 0.106 e. The maximum Gasteiger partial charge on any atom is 0.106 e. The maximum absolute atomic E-state index is 5.67. The monoisotopic (exact) mass is 219 g/mol. The number of aryl methyl sites for hydroxylation is 2. The van der Waals surface area contributed by atoms with Gasteiger partial charge in [-0.2, -0.15) is 0 Å². The Morgan fingerprint density at radius 1 is 1.50 bits per heavy atom. The van der Waals surface area contributed by atoms with Crippen molar-refractivity contribution in [3.8, 4) is 0 Å². The number of nitrogens with zero attached hydrogens (tertiary/aromatic N) is 2. The van der Waals surface area contributed by atoms with Crippen molar-refractivity contribution in [3.05, 3.63) is 41.4 Å². The van der Waals surface area contributed by atoms with E-state index in [1.165, 1.54) is 5.56 Å². The van der Waals surface area contributed by atoms with Crippen molar-refractivity contribution in [2.75, 3.05) is 0 Å². The largest absolute Gasteiger partial charge is 0.466 e. The number of furan rings is 1.